The summed E-state index contributed by atoms with van der Waals surface area (Å²) in [6.07, 6.45) is 2.32. The van der Waals surface area contributed by atoms with Crippen LogP contribution in [0.2, 0.25) is 5.02 Å². The molecule has 0 aliphatic carbocycles. The fourth-order valence-corrected chi connectivity index (χ4v) is 1.45. The van der Waals surface area contributed by atoms with Gasteiger partial charge in [-0.1, -0.05) is 17.7 Å². The normalized spacial score (nSPS) is 11.2. The van der Waals surface area contributed by atoms with Crippen LogP contribution in [0.5, 0.6) is 0 Å². The predicted octanol–water partition coefficient (Wildman–Crippen LogP) is 0.962. The van der Waals surface area contributed by atoms with Gasteiger partial charge >= 0.3 is 0 Å². The van der Waals surface area contributed by atoms with Crippen LogP contribution in [0.25, 0.3) is 6.08 Å². The highest BCUT2D eigenvalue weighted by Gasteiger charge is 2.08. The van der Waals surface area contributed by atoms with Crippen molar-refractivity contribution in [3.05, 3.63) is 40.7 Å². The lowest BCUT2D eigenvalue weighted by molar-refractivity contribution is -0.117. The van der Waals surface area contributed by atoms with Crippen LogP contribution in [0.1, 0.15) is 5.56 Å². The number of carbonyl (C=O) groups is 1. The second-order valence-corrected chi connectivity index (χ2v) is 3.95. The van der Waals surface area contributed by atoms with Gasteiger partial charge in [0.2, 0.25) is 5.91 Å². The van der Waals surface area contributed by atoms with Crippen LogP contribution < -0.4 is 5.32 Å². The zero-order chi connectivity index (χ0) is 13.5. The van der Waals surface area contributed by atoms with E-state index in [9.17, 15) is 9.18 Å². The van der Waals surface area contributed by atoms with Crippen LogP contribution in [0.15, 0.2) is 24.3 Å². The lowest BCUT2D eigenvalue weighted by Gasteiger charge is -2.11. The Hall–Kier alpha value is -1.43. The van der Waals surface area contributed by atoms with Crippen LogP contribution in [0, 0.1) is 5.82 Å². The maximum absolute atomic E-state index is 13.3. The predicted molar refractivity (Wildman–Crippen MR) is 66.5 cm³/mol. The van der Waals surface area contributed by atoms with E-state index in [1.165, 1.54) is 24.3 Å². The number of hydrogen-bond acceptors (Lipinski definition) is 3. The fraction of sp³-hybridized carbons (Fsp3) is 0.250. The summed E-state index contributed by atoms with van der Waals surface area (Å²) in [5.41, 5.74) is 0.110. The first-order valence-corrected chi connectivity index (χ1v) is 5.60. The van der Waals surface area contributed by atoms with Crippen molar-refractivity contribution in [2.45, 2.75) is 6.04 Å². The molecule has 0 atom stereocenters. The summed E-state index contributed by atoms with van der Waals surface area (Å²) in [4.78, 5) is 11.4. The third-order valence-corrected chi connectivity index (χ3v) is 2.52. The summed E-state index contributed by atoms with van der Waals surface area (Å²) in [5, 5.41) is 20.1. The van der Waals surface area contributed by atoms with Gasteiger partial charge in [-0.15, -0.1) is 0 Å². The van der Waals surface area contributed by atoms with Crippen LogP contribution in [-0.4, -0.2) is 35.4 Å². The van der Waals surface area contributed by atoms with Crippen molar-refractivity contribution in [3.8, 4) is 0 Å². The van der Waals surface area contributed by atoms with Crippen molar-refractivity contribution in [2.24, 2.45) is 0 Å². The Balaban J connectivity index is 2.72. The highest BCUT2D eigenvalue weighted by Crippen LogP contribution is 2.20. The van der Waals surface area contributed by atoms with Gasteiger partial charge in [-0.2, -0.15) is 0 Å². The largest absolute Gasteiger partial charge is 0.394 e. The second kappa shape index (κ2) is 7.10. The number of hydrogen-bond donors (Lipinski definition) is 3. The molecule has 0 saturated heterocycles. The molecule has 0 aliphatic rings. The molecule has 1 aromatic rings. The standard InChI is InChI=1S/C12H13ClFNO3/c13-10-2-1-3-11(14)9(10)4-5-12(18)15-8(6-16)7-17/h1-5,8,16-17H,6-7H2,(H,15,18). The smallest absolute Gasteiger partial charge is 0.244 e. The van der Waals surface area contributed by atoms with Crippen molar-refractivity contribution in [3.63, 3.8) is 0 Å². The third-order valence-electron chi connectivity index (χ3n) is 2.19. The minimum absolute atomic E-state index is 0.110. The molecule has 6 heteroatoms. The van der Waals surface area contributed by atoms with Gasteiger partial charge in [-0.3, -0.25) is 4.79 Å². The molecule has 1 aromatic carbocycles. The topological polar surface area (TPSA) is 69.6 Å². The van der Waals surface area contributed by atoms with Crippen molar-refractivity contribution < 1.29 is 19.4 Å². The molecule has 0 heterocycles. The molecule has 0 saturated carbocycles. The number of halogens is 2. The molecule has 0 fully saturated rings. The Morgan fingerprint density at radius 1 is 1.44 bits per heavy atom. The van der Waals surface area contributed by atoms with Crippen molar-refractivity contribution in [1.29, 1.82) is 0 Å². The van der Waals surface area contributed by atoms with Gasteiger partial charge < -0.3 is 15.5 Å². The second-order valence-electron chi connectivity index (χ2n) is 3.54. The molecule has 4 nitrogen and oxygen atoms in total. The molecule has 1 rings (SSSR count). The van der Waals surface area contributed by atoms with E-state index in [1.54, 1.807) is 0 Å². The summed E-state index contributed by atoms with van der Waals surface area (Å²) >= 11 is 5.77. The van der Waals surface area contributed by atoms with E-state index < -0.39 is 17.8 Å². The van der Waals surface area contributed by atoms with E-state index in [0.29, 0.717) is 0 Å². The number of carbonyl (C=O) groups excluding carboxylic acids is 1. The summed E-state index contributed by atoms with van der Waals surface area (Å²) in [6, 6.07) is 3.46. The molecule has 18 heavy (non-hydrogen) atoms. The van der Waals surface area contributed by atoms with Crippen LogP contribution in [0.4, 0.5) is 4.39 Å². The summed E-state index contributed by atoms with van der Waals surface area (Å²) in [6.45, 7) is -0.757. The van der Waals surface area contributed by atoms with E-state index in [4.69, 9.17) is 21.8 Å². The number of benzene rings is 1. The van der Waals surface area contributed by atoms with Crippen LogP contribution in [0.3, 0.4) is 0 Å². The molecule has 98 valence electrons. The van der Waals surface area contributed by atoms with E-state index >= 15 is 0 Å². The Labute approximate surface area is 109 Å². The van der Waals surface area contributed by atoms with Gasteiger partial charge in [0.15, 0.2) is 0 Å². The highest BCUT2D eigenvalue weighted by molar-refractivity contribution is 6.32. The lowest BCUT2D eigenvalue weighted by atomic mass is 10.2. The Bertz CT molecular complexity index is 427. The molecular weight excluding hydrogens is 261 g/mol. The van der Waals surface area contributed by atoms with Crippen molar-refractivity contribution in [1.82, 2.24) is 5.32 Å². The maximum atomic E-state index is 13.3. The Morgan fingerprint density at radius 3 is 2.67 bits per heavy atom. The number of amides is 1. The summed E-state index contributed by atoms with van der Waals surface area (Å²) in [5.74, 6) is -1.09. The minimum Gasteiger partial charge on any atom is -0.394 e. The van der Waals surface area contributed by atoms with Crippen LogP contribution >= 0.6 is 11.6 Å². The molecule has 0 spiro atoms. The average molecular weight is 274 g/mol. The number of nitrogens with one attached hydrogen (secondary N) is 1. The van der Waals surface area contributed by atoms with E-state index in [1.807, 2.05) is 0 Å². The minimum atomic E-state index is -0.738. The molecule has 3 N–H and O–H groups in total. The first-order valence-electron chi connectivity index (χ1n) is 5.22. The van der Waals surface area contributed by atoms with Crippen LogP contribution in [-0.2, 0) is 4.79 Å². The SMILES string of the molecule is O=C(C=Cc1c(F)cccc1Cl)NC(CO)CO. The van der Waals surface area contributed by atoms with Crippen molar-refractivity contribution >= 4 is 23.6 Å². The Morgan fingerprint density at radius 2 is 2.11 bits per heavy atom. The van der Waals surface area contributed by atoms with Gasteiger partial charge in [-0.05, 0) is 18.2 Å². The fourth-order valence-electron chi connectivity index (χ4n) is 1.23. The molecular formula is C12H13ClFNO3. The monoisotopic (exact) mass is 273 g/mol. The average Bonchev–Trinajstić information content (AvgIpc) is 2.35. The molecule has 0 aromatic heterocycles. The first-order chi connectivity index (χ1) is 8.58. The number of aliphatic hydroxyl groups is 2. The van der Waals surface area contributed by atoms with Gasteiger partial charge in [-0.25, -0.2) is 4.39 Å². The number of aliphatic hydroxyl groups excluding tert-OH is 2. The van der Waals surface area contributed by atoms with E-state index in [-0.39, 0.29) is 23.8 Å². The van der Waals surface area contributed by atoms with E-state index in [2.05, 4.69) is 5.32 Å². The van der Waals surface area contributed by atoms with Gasteiger partial charge in [0.05, 0.1) is 24.3 Å². The zero-order valence-electron chi connectivity index (χ0n) is 9.44. The van der Waals surface area contributed by atoms with E-state index in [0.717, 1.165) is 6.08 Å². The zero-order valence-corrected chi connectivity index (χ0v) is 10.2. The van der Waals surface area contributed by atoms with Gasteiger partial charge in [0, 0.05) is 11.6 Å². The molecule has 0 radical (unpaired) electrons. The molecule has 0 bridgehead atoms. The summed E-state index contributed by atoms with van der Waals surface area (Å²) < 4.78 is 13.3. The van der Waals surface area contributed by atoms with Gasteiger partial charge in [0.1, 0.15) is 5.82 Å². The lowest BCUT2D eigenvalue weighted by Crippen LogP contribution is -2.39. The summed E-state index contributed by atoms with van der Waals surface area (Å²) in [7, 11) is 0. The maximum Gasteiger partial charge on any atom is 0.244 e. The molecule has 1 amide bonds. The quantitative estimate of drug-likeness (QED) is 0.700. The molecule has 0 aliphatic heterocycles. The third kappa shape index (κ3) is 4.10. The first kappa shape index (κ1) is 14.6. The van der Waals surface area contributed by atoms with Crippen molar-refractivity contribution in [2.75, 3.05) is 13.2 Å². The Kier molecular flexibility index (Phi) is 5.77. The highest BCUT2D eigenvalue weighted by atomic mass is 35.5. The molecule has 0 unspecified atom stereocenters. The van der Waals surface area contributed by atoms with Gasteiger partial charge in [0.25, 0.3) is 0 Å². The number of rotatable bonds is 5.